The Morgan fingerprint density at radius 3 is 2.61 bits per heavy atom. The van der Waals surface area contributed by atoms with E-state index < -0.39 is 20.4 Å². The van der Waals surface area contributed by atoms with Crippen molar-refractivity contribution in [2.24, 2.45) is 0 Å². The number of benzene rings is 1. The van der Waals surface area contributed by atoms with Crippen molar-refractivity contribution in [2.45, 2.75) is 4.90 Å². The van der Waals surface area contributed by atoms with Crippen LogP contribution in [0.3, 0.4) is 0 Å². The number of nitrogens with zero attached hydrogens (tertiary/aromatic N) is 1. The summed E-state index contributed by atoms with van der Waals surface area (Å²) in [5.41, 5.74) is -0.268. The van der Waals surface area contributed by atoms with Gasteiger partial charge in [-0.25, -0.2) is 8.42 Å². The quantitative estimate of drug-likeness (QED) is 0.473. The van der Waals surface area contributed by atoms with Gasteiger partial charge in [0, 0.05) is 19.9 Å². The first-order valence-electron chi connectivity index (χ1n) is 5.08. The molecule has 8 heteroatoms. The van der Waals surface area contributed by atoms with Crippen LogP contribution < -0.4 is 5.32 Å². The van der Waals surface area contributed by atoms with Crippen LogP contribution in [-0.4, -0.2) is 39.9 Å². The molecule has 1 rings (SSSR count). The van der Waals surface area contributed by atoms with Crippen molar-refractivity contribution in [1.29, 1.82) is 0 Å². The molecule has 1 aromatic carbocycles. The third-order valence-corrected chi connectivity index (χ3v) is 3.33. The normalized spacial score (nSPS) is 11.2. The minimum Gasteiger partial charge on any atom is -0.383 e. The van der Waals surface area contributed by atoms with Crippen LogP contribution >= 0.6 is 0 Å². The molecular weight excluding hydrogens is 260 g/mol. The molecule has 1 aromatic rings. The molecule has 0 aliphatic heterocycles. The monoisotopic (exact) mass is 274 g/mol. The van der Waals surface area contributed by atoms with Crippen LogP contribution in [0.4, 0.5) is 11.4 Å². The first-order chi connectivity index (χ1) is 8.38. The SMILES string of the molecule is COCCNc1cccc(S(C)(=O)=O)c1[N+](=O)[O-]. The summed E-state index contributed by atoms with van der Waals surface area (Å²) in [5.74, 6) is 0. The van der Waals surface area contributed by atoms with Crippen molar-refractivity contribution < 1.29 is 18.1 Å². The number of nitrogens with one attached hydrogen (secondary N) is 1. The van der Waals surface area contributed by atoms with Gasteiger partial charge in [0.1, 0.15) is 10.6 Å². The Hall–Kier alpha value is -1.67. The Labute approximate surface area is 105 Å². The number of nitro benzene ring substituents is 1. The molecule has 0 fully saturated rings. The summed E-state index contributed by atoms with van der Waals surface area (Å²) in [6.45, 7) is 0.713. The molecule has 18 heavy (non-hydrogen) atoms. The van der Waals surface area contributed by atoms with Crippen molar-refractivity contribution in [3.63, 3.8) is 0 Å². The predicted molar refractivity (Wildman–Crippen MR) is 66.6 cm³/mol. The third kappa shape index (κ3) is 3.41. The van der Waals surface area contributed by atoms with Crippen LogP contribution in [0.2, 0.25) is 0 Å². The highest BCUT2D eigenvalue weighted by molar-refractivity contribution is 7.90. The predicted octanol–water partition coefficient (Wildman–Crippen LogP) is 1.06. The van der Waals surface area contributed by atoms with E-state index in [1.165, 1.54) is 25.3 Å². The van der Waals surface area contributed by atoms with Crippen LogP contribution in [0, 0.1) is 10.1 Å². The number of sulfone groups is 1. The fourth-order valence-corrected chi connectivity index (χ4v) is 2.30. The topological polar surface area (TPSA) is 98.5 Å². The maximum atomic E-state index is 11.5. The zero-order valence-corrected chi connectivity index (χ0v) is 10.9. The molecule has 0 heterocycles. The van der Waals surface area contributed by atoms with Gasteiger partial charge in [-0.05, 0) is 12.1 Å². The first kappa shape index (κ1) is 14.4. The molecule has 1 N–H and O–H groups in total. The lowest BCUT2D eigenvalue weighted by atomic mass is 10.2. The second kappa shape index (κ2) is 5.78. The van der Waals surface area contributed by atoms with Crippen molar-refractivity contribution in [3.05, 3.63) is 28.3 Å². The van der Waals surface area contributed by atoms with E-state index >= 15 is 0 Å². The second-order valence-corrected chi connectivity index (χ2v) is 5.59. The number of ether oxygens (including phenoxy) is 1. The summed E-state index contributed by atoms with van der Waals surface area (Å²) >= 11 is 0. The summed E-state index contributed by atoms with van der Waals surface area (Å²) in [6.07, 6.45) is 0.939. The van der Waals surface area contributed by atoms with E-state index in [-0.39, 0.29) is 10.6 Å². The molecule has 0 radical (unpaired) electrons. The molecule has 0 aromatic heterocycles. The van der Waals surface area contributed by atoms with E-state index in [2.05, 4.69) is 5.32 Å². The van der Waals surface area contributed by atoms with Crippen LogP contribution in [0.25, 0.3) is 0 Å². The maximum Gasteiger partial charge on any atom is 0.310 e. The van der Waals surface area contributed by atoms with Gasteiger partial charge >= 0.3 is 5.69 Å². The van der Waals surface area contributed by atoms with E-state index in [4.69, 9.17) is 4.74 Å². The summed E-state index contributed by atoms with van der Waals surface area (Å²) < 4.78 is 27.8. The molecule has 0 unspecified atom stereocenters. The number of para-hydroxylation sites is 1. The van der Waals surface area contributed by atoms with Crippen LogP contribution in [0.5, 0.6) is 0 Å². The van der Waals surface area contributed by atoms with E-state index in [1.54, 1.807) is 0 Å². The number of nitro groups is 1. The van der Waals surface area contributed by atoms with Crippen molar-refractivity contribution in [3.8, 4) is 0 Å². The molecule has 0 atom stereocenters. The maximum absolute atomic E-state index is 11.5. The van der Waals surface area contributed by atoms with Crippen LogP contribution in [-0.2, 0) is 14.6 Å². The molecule has 0 aliphatic carbocycles. The number of hydrogen-bond donors (Lipinski definition) is 1. The van der Waals surface area contributed by atoms with E-state index in [1.807, 2.05) is 0 Å². The molecule has 0 amide bonds. The fourth-order valence-electron chi connectivity index (χ4n) is 1.44. The van der Waals surface area contributed by atoms with Crippen molar-refractivity contribution in [2.75, 3.05) is 31.8 Å². The van der Waals surface area contributed by atoms with E-state index in [9.17, 15) is 18.5 Å². The summed E-state index contributed by atoms with van der Waals surface area (Å²) in [5, 5.41) is 13.8. The van der Waals surface area contributed by atoms with Gasteiger partial charge in [0.15, 0.2) is 9.84 Å². The highest BCUT2D eigenvalue weighted by Gasteiger charge is 2.25. The summed E-state index contributed by atoms with van der Waals surface area (Å²) in [6, 6.07) is 4.13. The average molecular weight is 274 g/mol. The van der Waals surface area contributed by atoms with Crippen LogP contribution in [0.1, 0.15) is 0 Å². The zero-order valence-electron chi connectivity index (χ0n) is 10.0. The molecule has 100 valence electrons. The lowest BCUT2D eigenvalue weighted by Crippen LogP contribution is -2.11. The van der Waals surface area contributed by atoms with Gasteiger partial charge in [-0.2, -0.15) is 0 Å². The molecule has 0 spiro atoms. The first-order valence-corrected chi connectivity index (χ1v) is 6.97. The number of anilines is 1. The smallest absolute Gasteiger partial charge is 0.310 e. The lowest BCUT2D eigenvalue weighted by Gasteiger charge is -2.08. The Morgan fingerprint density at radius 1 is 1.44 bits per heavy atom. The Kier molecular flexibility index (Phi) is 4.62. The molecule has 0 saturated carbocycles. The van der Waals surface area contributed by atoms with Gasteiger partial charge in [0.05, 0.1) is 11.5 Å². The van der Waals surface area contributed by atoms with Gasteiger partial charge in [0.2, 0.25) is 0 Å². The largest absolute Gasteiger partial charge is 0.383 e. The highest BCUT2D eigenvalue weighted by Crippen LogP contribution is 2.31. The fraction of sp³-hybridized carbons (Fsp3) is 0.400. The minimum atomic E-state index is -3.64. The lowest BCUT2D eigenvalue weighted by molar-refractivity contribution is -0.386. The number of hydrogen-bond acceptors (Lipinski definition) is 6. The standard InChI is InChI=1S/C10H14N2O5S/c1-17-7-6-11-8-4-3-5-9(18(2,15)16)10(8)12(13)14/h3-5,11H,6-7H2,1-2H3. The van der Waals surface area contributed by atoms with Gasteiger partial charge in [-0.1, -0.05) is 6.07 Å². The molecular formula is C10H14N2O5S. The molecule has 7 nitrogen and oxygen atoms in total. The van der Waals surface area contributed by atoms with E-state index in [0.717, 1.165) is 6.26 Å². The average Bonchev–Trinajstić information content (AvgIpc) is 2.27. The molecule has 0 bridgehead atoms. The van der Waals surface area contributed by atoms with E-state index in [0.29, 0.717) is 13.2 Å². The molecule has 0 aliphatic rings. The summed E-state index contributed by atoms with van der Waals surface area (Å²) in [4.78, 5) is 9.99. The Morgan fingerprint density at radius 2 is 2.11 bits per heavy atom. The number of methoxy groups -OCH3 is 1. The highest BCUT2D eigenvalue weighted by atomic mass is 32.2. The van der Waals surface area contributed by atoms with Crippen LogP contribution in [0.15, 0.2) is 23.1 Å². The third-order valence-electron chi connectivity index (χ3n) is 2.20. The van der Waals surface area contributed by atoms with Gasteiger partial charge in [-0.3, -0.25) is 10.1 Å². The van der Waals surface area contributed by atoms with Crippen molar-refractivity contribution in [1.82, 2.24) is 0 Å². The summed E-state index contributed by atoms with van der Waals surface area (Å²) in [7, 11) is -2.14. The minimum absolute atomic E-state index is 0.167. The number of rotatable bonds is 6. The van der Waals surface area contributed by atoms with Gasteiger partial charge in [0.25, 0.3) is 0 Å². The van der Waals surface area contributed by atoms with Crippen molar-refractivity contribution >= 4 is 21.2 Å². The Balaban J connectivity index is 3.23. The Bertz CT molecular complexity index is 541. The van der Waals surface area contributed by atoms with Gasteiger partial charge in [-0.15, -0.1) is 0 Å². The van der Waals surface area contributed by atoms with Gasteiger partial charge < -0.3 is 10.1 Å². The second-order valence-electron chi connectivity index (χ2n) is 3.60. The zero-order chi connectivity index (χ0) is 13.8. The molecule has 0 saturated heterocycles.